The molecule has 0 bridgehead atoms. The molecule has 4 heteroatoms. The van der Waals surface area contributed by atoms with Gasteiger partial charge < -0.3 is 5.32 Å². The van der Waals surface area contributed by atoms with Crippen LogP contribution in [-0.4, -0.2) is 32.0 Å². The first-order chi connectivity index (χ1) is 6.08. The van der Waals surface area contributed by atoms with Crippen LogP contribution in [0.15, 0.2) is 0 Å². The topological polar surface area (TPSA) is 46.2 Å². The average molecular weight is 201 g/mol. The van der Waals surface area contributed by atoms with Crippen molar-refractivity contribution in [1.82, 2.24) is 5.32 Å². The minimum absolute atomic E-state index is 0.0957. The summed E-state index contributed by atoms with van der Waals surface area (Å²) in [5.41, 5.74) is 0. The van der Waals surface area contributed by atoms with E-state index in [4.69, 9.17) is 6.42 Å². The molecule has 2 unspecified atom stereocenters. The lowest BCUT2D eigenvalue weighted by atomic mass is 10.2. The largest absolute Gasteiger partial charge is 0.312 e. The van der Waals surface area contributed by atoms with Crippen molar-refractivity contribution in [2.45, 2.75) is 31.1 Å². The first-order valence-corrected chi connectivity index (χ1v) is 6.18. The standard InChI is InChI=1S/C9H15NO2S/c1-3-4-6-10-9-5-7-13(11,12)8(9)2/h1,8-10H,4-7H2,2H3. The molecule has 2 atom stereocenters. The molecule has 1 fully saturated rings. The molecule has 1 aliphatic rings. The van der Waals surface area contributed by atoms with Gasteiger partial charge in [-0.15, -0.1) is 12.3 Å². The molecule has 3 nitrogen and oxygen atoms in total. The van der Waals surface area contributed by atoms with E-state index in [1.807, 2.05) is 0 Å². The number of terminal acetylenes is 1. The maximum Gasteiger partial charge on any atom is 0.154 e. The fraction of sp³-hybridized carbons (Fsp3) is 0.778. The molecule has 0 amide bonds. The SMILES string of the molecule is C#CCCNC1CCS(=O)(=O)C1C. The van der Waals surface area contributed by atoms with E-state index in [-0.39, 0.29) is 11.3 Å². The van der Waals surface area contributed by atoms with Gasteiger partial charge in [0.15, 0.2) is 9.84 Å². The Kier molecular flexibility index (Phi) is 3.34. The Morgan fingerprint density at radius 3 is 2.77 bits per heavy atom. The molecule has 1 N–H and O–H groups in total. The van der Waals surface area contributed by atoms with Gasteiger partial charge in [0, 0.05) is 19.0 Å². The van der Waals surface area contributed by atoms with Gasteiger partial charge in [0.25, 0.3) is 0 Å². The van der Waals surface area contributed by atoms with Crippen molar-refractivity contribution < 1.29 is 8.42 Å². The van der Waals surface area contributed by atoms with Crippen molar-refractivity contribution in [2.24, 2.45) is 0 Å². The number of hydrogen-bond acceptors (Lipinski definition) is 3. The molecule has 1 saturated heterocycles. The first kappa shape index (κ1) is 10.6. The molecular weight excluding hydrogens is 186 g/mol. The van der Waals surface area contributed by atoms with Gasteiger partial charge in [0.1, 0.15) is 0 Å². The van der Waals surface area contributed by atoms with Gasteiger partial charge in [0.2, 0.25) is 0 Å². The van der Waals surface area contributed by atoms with Crippen LogP contribution in [0.5, 0.6) is 0 Å². The van der Waals surface area contributed by atoms with E-state index in [0.29, 0.717) is 25.1 Å². The van der Waals surface area contributed by atoms with E-state index >= 15 is 0 Å². The zero-order valence-electron chi connectivity index (χ0n) is 7.79. The maximum absolute atomic E-state index is 11.3. The van der Waals surface area contributed by atoms with Crippen molar-refractivity contribution >= 4 is 9.84 Å². The zero-order valence-corrected chi connectivity index (χ0v) is 8.60. The van der Waals surface area contributed by atoms with Crippen molar-refractivity contribution in [3.05, 3.63) is 0 Å². The predicted molar refractivity (Wildman–Crippen MR) is 53.1 cm³/mol. The molecule has 1 rings (SSSR count). The Morgan fingerprint density at radius 2 is 2.31 bits per heavy atom. The highest BCUT2D eigenvalue weighted by atomic mass is 32.2. The molecule has 0 radical (unpaired) electrons. The summed E-state index contributed by atoms with van der Waals surface area (Å²) in [7, 11) is -2.83. The summed E-state index contributed by atoms with van der Waals surface area (Å²) >= 11 is 0. The molecule has 1 aliphatic heterocycles. The van der Waals surface area contributed by atoms with Gasteiger partial charge in [-0.2, -0.15) is 0 Å². The van der Waals surface area contributed by atoms with Crippen LogP contribution in [0, 0.1) is 12.3 Å². The van der Waals surface area contributed by atoms with Gasteiger partial charge in [-0.3, -0.25) is 0 Å². The summed E-state index contributed by atoms with van der Waals surface area (Å²) in [6.07, 6.45) is 6.47. The highest BCUT2D eigenvalue weighted by Gasteiger charge is 2.35. The molecule has 0 aromatic carbocycles. The lowest BCUT2D eigenvalue weighted by Crippen LogP contribution is -2.36. The maximum atomic E-state index is 11.3. The number of hydrogen-bond donors (Lipinski definition) is 1. The first-order valence-electron chi connectivity index (χ1n) is 4.46. The van der Waals surface area contributed by atoms with Crippen LogP contribution in [0.4, 0.5) is 0 Å². The molecule has 1 heterocycles. The lowest BCUT2D eigenvalue weighted by molar-refractivity contribution is 0.512. The second kappa shape index (κ2) is 4.12. The fourth-order valence-electron chi connectivity index (χ4n) is 1.56. The highest BCUT2D eigenvalue weighted by molar-refractivity contribution is 7.92. The fourth-order valence-corrected chi connectivity index (χ4v) is 3.25. The third-order valence-corrected chi connectivity index (χ3v) is 4.79. The number of sulfone groups is 1. The average Bonchev–Trinajstić information content (AvgIpc) is 2.32. The highest BCUT2D eigenvalue weighted by Crippen LogP contribution is 2.19. The third kappa shape index (κ3) is 2.45. The Labute approximate surface area is 79.8 Å². The van der Waals surface area contributed by atoms with Crippen LogP contribution in [0.2, 0.25) is 0 Å². The molecule has 0 saturated carbocycles. The summed E-state index contributed by atoms with van der Waals surface area (Å²) in [5, 5.41) is 2.91. The van der Waals surface area contributed by atoms with E-state index < -0.39 is 9.84 Å². The normalized spacial score (nSPS) is 31.4. The van der Waals surface area contributed by atoms with Gasteiger partial charge in [-0.25, -0.2) is 8.42 Å². The number of nitrogens with one attached hydrogen (secondary N) is 1. The smallest absolute Gasteiger partial charge is 0.154 e. The van der Waals surface area contributed by atoms with E-state index in [0.717, 1.165) is 0 Å². The van der Waals surface area contributed by atoms with Crippen LogP contribution < -0.4 is 5.32 Å². The molecular formula is C9H15NO2S. The second-order valence-electron chi connectivity index (χ2n) is 3.38. The molecule has 74 valence electrons. The summed E-state index contributed by atoms with van der Waals surface area (Å²) in [4.78, 5) is 0. The summed E-state index contributed by atoms with van der Waals surface area (Å²) in [6.45, 7) is 2.47. The molecule has 0 aromatic heterocycles. The van der Waals surface area contributed by atoms with Crippen LogP contribution in [0.25, 0.3) is 0 Å². The summed E-state index contributed by atoms with van der Waals surface area (Å²) in [5.74, 6) is 2.82. The van der Waals surface area contributed by atoms with E-state index in [9.17, 15) is 8.42 Å². The van der Waals surface area contributed by atoms with Gasteiger partial charge >= 0.3 is 0 Å². The van der Waals surface area contributed by atoms with Gasteiger partial charge in [-0.05, 0) is 13.3 Å². The Bertz CT molecular complexity index is 302. The van der Waals surface area contributed by atoms with Gasteiger partial charge in [0.05, 0.1) is 11.0 Å². The quantitative estimate of drug-likeness (QED) is 0.523. The summed E-state index contributed by atoms with van der Waals surface area (Å²) < 4.78 is 22.6. The van der Waals surface area contributed by atoms with Gasteiger partial charge in [-0.1, -0.05) is 0 Å². The van der Waals surface area contributed by atoms with Crippen molar-refractivity contribution in [3.63, 3.8) is 0 Å². The zero-order chi connectivity index (χ0) is 9.90. The Hall–Kier alpha value is -0.530. The van der Waals surface area contributed by atoms with Crippen LogP contribution >= 0.6 is 0 Å². The molecule has 13 heavy (non-hydrogen) atoms. The van der Waals surface area contributed by atoms with E-state index in [1.54, 1.807) is 6.92 Å². The third-order valence-electron chi connectivity index (χ3n) is 2.52. The second-order valence-corrected chi connectivity index (χ2v) is 5.85. The van der Waals surface area contributed by atoms with Crippen molar-refractivity contribution in [3.8, 4) is 12.3 Å². The van der Waals surface area contributed by atoms with Crippen molar-refractivity contribution in [2.75, 3.05) is 12.3 Å². The Balaban J connectivity index is 2.43. The van der Waals surface area contributed by atoms with Crippen molar-refractivity contribution in [1.29, 1.82) is 0 Å². The van der Waals surface area contributed by atoms with Crippen LogP contribution in [0.3, 0.4) is 0 Å². The monoisotopic (exact) mass is 201 g/mol. The Morgan fingerprint density at radius 1 is 1.62 bits per heavy atom. The van der Waals surface area contributed by atoms with E-state index in [1.165, 1.54) is 0 Å². The van der Waals surface area contributed by atoms with Crippen LogP contribution in [-0.2, 0) is 9.84 Å². The molecule has 0 aromatic rings. The lowest BCUT2D eigenvalue weighted by Gasteiger charge is -2.14. The minimum atomic E-state index is -2.83. The number of rotatable bonds is 3. The van der Waals surface area contributed by atoms with Crippen LogP contribution in [0.1, 0.15) is 19.8 Å². The predicted octanol–water partition coefficient (Wildman–Crippen LogP) is 0.175. The molecule has 0 spiro atoms. The molecule has 0 aliphatic carbocycles. The van der Waals surface area contributed by atoms with E-state index in [2.05, 4.69) is 11.2 Å². The summed E-state index contributed by atoms with van der Waals surface area (Å²) in [6, 6.07) is 0.0957. The minimum Gasteiger partial charge on any atom is -0.312 e.